The van der Waals surface area contributed by atoms with Crippen molar-refractivity contribution in [2.24, 2.45) is 5.73 Å². The van der Waals surface area contributed by atoms with Gasteiger partial charge in [-0.25, -0.2) is 4.79 Å². The number of hydrogen-bond acceptors (Lipinski definition) is 3. The van der Waals surface area contributed by atoms with E-state index in [2.05, 4.69) is 30.1 Å². The van der Waals surface area contributed by atoms with E-state index in [1.54, 1.807) is 0 Å². The Labute approximate surface area is 116 Å². The van der Waals surface area contributed by atoms with E-state index in [0.29, 0.717) is 11.1 Å². The predicted molar refractivity (Wildman–Crippen MR) is 78.6 cm³/mol. The predicted octanol–water partition coefficient (Wildman–Crippen LogP) is 2.67. The van der Waals surface area contributed by atoms with E-state index >= 15 is 0 Å². The van der Waals surface area contributed by atoms with Crippen LogP contribution >= 0.6 is 0 Å². The number of oxazole rings is 1. The number of H-pyrrole nitrogens is 1. The van der Waals surface area contributed by atoms with Gasteiger partial charge in [-0.05, 0) is 36.6 Å². The molecule has 1 unspecified atom stereocenters. The van der Waals surface area contributed by atoms with Gasteiger partial charge in [-0.15, -0.1) is 0 Å². The molecule has 0 radical (unpaired) electrons. The SMILES string of the molecule is Cc1cccc(CC(N)c2ccc3[nH]c(=O)oc3c2)c1. The van der Waals surface area contributed by atoms with Gasteiger partial charge in [0, 0.05) is 6.04 Å². The fourth-order valence-electron chi connectivity index (χ4n) is 2.40. The lowest BCUT2D eigenvalue weighted by atomic mass is 9.98. The zero-order valence-corrected chi connectivity index (χ0v) is 11.2. The maximum absolute atomic E-state index is 11.1. The maximum atomic E-state index is 11.1. The Morgan fingerprint density at radius 2 is 2.10 bits per heavy atom. The number of rotatable bonds is 3. The molecule has 0 fully saturated rings. The second-order valence-electron chi connectivity index (χ2n) is 5.07. The van der Waals surface area contributed by atoms with Crippen LogP contribution in [0.1, 0.15) is 22.7 Å². The number of aromatic amines is 1. The minimum atomic E-state index is -0.440. The minimum Gasteiger partial charge on any atom is -0.408 e. The molecule has 0 aliphatic carbocycles. The summed E-state index contributed by atoms with van der Waals surface area (Å²) in [6.45, 7) is 2.07. The third-order valence-corrected chi connectivity index (χ3v) is 3.41. The van der Waals surface area contributed by atoms with Crippen LogP contribution in [0.5, 0.6) is 0 Å². The molecule has 20 heavy (non-hydrogen) atoms. The van der Waals surface area contributed by atoms with Crippen molar-refractivity contribution in [1.29, 1.82) is 0 Å². The minimum absolute atomic E-state index is 0.124. The van der Waals surface area contributed by atoms with E-state index in [4.69, 9.17) is 10.2 Å². The lowest BCUT2D eigenvalue weighted by Crippen LogP contribution is -2.13. The Balaban J connectivity index is 1.88. The molecule has 0 spiro atoms. The number of aryl methyl sites for hydroxylation is 1. The van der Waals surface area contributed by atoms with Gasteiger partial charge in [0.1, 0.15) is 0 Å². The summed E-state index contributed by atoms with van der Waals surface area (Å²) in [7, 11) is 0. The average molecular weight is 268 g/mol. The van der Waals surface area contributed by atoms with Crippen molar-refractivity contribution in [3.63, 3.8) is 0 Å². The fraction of sp³-hybridized carbons (Fsp3) is 0.188. The molecule has 0 saturated carbocycles. The van der Waals surface area contributed by atoms with Gasteiger partial charge in [-0.2, -0.15) is 0 Å². The molecule has 4 heteroatoms. The maximum Gasteiger partial charge on any atom is 0.417 e. The zero-order chi connectivity index (χ0) is 14.1. The average Bonchev–Trinajstić information content (AvgIpc) is 2.77. The molecule has 1 aromatic heterocycles. The van der Waals surface area contributed by atoms with Crippen LogP contribution in [-0.2, 0) is 6.42 Å². The van der Waals surface area contributed by atoms with Crippen LogP contribution in [0.4, 0.5) is 0 Å². The highest BCUT2D eigenvalue weighted by Gasteiger charge is 2.10. The van der Waals surface area contributed by atoms with Crippen LogP contribution < -0.4 is 11.5 Å². The quantitative estimate of drug-likeness (QED) is 0.767. The lowest BCUT2D eigenvalue weighted by Gasteiger charge is -2.12. The third kappa shape index (κ3) is 2.51. The Kier molecular flexibility index (Phi) is 3.16. The molecule has 102 valence electrons. The van der Waals surface area contributed by atoms with Gasteiger partial charge in [0.25, 0.3) is 0 Å². The highest BCUT2D eigenvalue weighted by atomic mass is 16.4. The molecule has 3 N–H and O–H groups in total. The molecule has 2 aromatic carbocycles. The van der Waals surface area contributed by atoms with Crippen LogP contribution in [0.3, 0.4) is 0 Å². The fourth-order valence-corrected chi connectivity index (χ4v) is 2.40. The summed E-state index contributed by atoms with van der Waals surface area (Å²) in [4.78, 5) is 13.8. The monoisotopic (exact) mass is 268 g/mol. The van der Waals surface area contributed by atoms with Crippen molar-refractivity contribution in [2.45, 2.75) is 19.4 Å². The first-order valence-corrected chi connectivity index (χ1v) is 6.56. The number of aromatic nitrogens is 1. The number of hydrogen-bond donors (Lipinski definition) is 2. The molecule has 0 bridgehead atoms. The molecule has 0 amide bonds. The topological polar surface area (TPSA) is 72.0 Å². The summed E-state index contributed by atoms with van der Waals surface area (Å²) < 4.78 is 5.06. The van der Waals surface area contributed by atoms with Crippen LogP contribution in [0, 0.1) is 6.92 Å². The molecule has 1 heterocycles. The molecule has 3 rings (SSSR count). The van der Waals surface area contributed by atoms with E-state index < -0.39 is 5.76 Å². The normalized spacial score (nSPS) is 12.7. The number of benzene rings is 2. The van der Waals surface area contributed by atoms with E-state index in [-0.39, 0.29) is 6.04 Å². The van der Waals surface area contributed by atoms with Gasteiger partial charge >= 0.3 is 5.76 Å². The van der Waals surface area contributed by atoms with Crippen molar-refractivity contribution in [1.82, 2.24) is 4.98 Å². The molecule has 0 saturated heterocycles. The summed E-state index contributed by atoms with van der Waals surface area (Å²) in [5, 5.41) is 0. The van der Waals surface area contributed by atoms with E-state index in [1.165, 1.54) is 11.1 Å². The molecular formula is C16H16N2O2. The van der Waals surface area contributed by atoms with Crippen LogP contribution in [-0.4, -0.2) is 4.98 Å². The van der Waals surface area contributed by atoms with Crippen LogP contribution in [0.25, 0.3) is 11.1 Å². The van der Waals surface area contributed by atoms with E-state index in [9.17, 15) is 4.79 Å². The molecular weight excluding hydrogens is 252 g/mol. The number of fused-ring (bicyclic) bond motifs is 1. The second kappa shape index (κ2) is 4.98. The molecule has 1 atom stereocenters. The Bertz CT molecular complexity index is 801. The van der Waals surface area contributed by atoms with Crippen molar-refractivity contribution in [2.75, 3.05) is 0 Å². The Hall–Kier alpha value is -2.33. The second-order valence-corrected chi connectivity index (χ2v) is 5.07. The smallest absolute Gasteiger partial charge is 0.408 e. The first-order valence-electron chi connectivity index (χ1n) is 6.56. The molecule has 0 aliphatic heterocycles. The number of nitrogens with one attached hydrogen (secondary N) is 1. The van der Waals surface area contributed by atoms with Gasteiger partial charge in [0.15, 0.2) is 5.58 Å². The van der Waals surface area contributed by atoms with Gasteiger partial charge in [0.05, 0.1) is 5.52 Å². The van der Waals surface area contributed by atoms with Gasteiger partial charge in [-0.1, -0.05) is 35.9 Å². The van der Waals surface area contributed by atoms with Crippen LogP contribution in [0.2, 0.25) is 0 Å². The van der Waals surface area contributed by atoms with E-state index in [1.807, 2.05) is 24.3 Å². The highest BCUT2D eigenvalue weighted by molar-refractivity contribution is 5.72. The van der Waals surface area contributed by atoms with Crippen molar-refractivity contribution < 1.29 is 4.42 Å². The Morgan fingerprint density at radius 1 is 1.25 bits per heavy atom. The summed E-state index contributed by atoms with van der Waals surface area (Å²) in [5.74, 6) is -0.440. The summed E-state index contributed by atoms with van der Waals surface area (Å²) in [6, 6.07) is 13.8. The van der Waals surface area contributed by atoms with Gasteiger partial charge < -0.3 is 10.2 Å². The molecule has 0 aliphatic rings. The summed E-state index contributed by atoms with van der Waals surface area (Å²) in [6.07, 6.45) is 0.752. The third-order valence-electron chi connectivity index (χ3n) is 3.41. The van der Waals surface area contributed by atoms with E-state index in [0.717, 1.165) is 12.0 Å². The first kappa shape index (κ1) is 12.7. The molecule has 3 aromatic rings. The van der Waals surface area contributed by atoms with Gasteiger partial charge in [-0.3, -0.25) is 4.98 Å². The van der Waals surface area contributed by atoms with Crippen LogP contribution in [0.15, 0.2) is 51.7 Å². The highest BCUT2D eigenvalue weighted by Crippen LogP contribution is 2.20. The largest absolute Gasteiger partial charge is 0.417 e. The van der Waals surface area contributed by atoms with Crippen molar-refractivity contribution >= 4 is 11.1 Å². The summed E-state index contributed by atoms with van der Waals surface area (Å²) in [5.41, 5.74) is 10.9. The first-order chi connectivity index (χ1) is 9.61. The molecule has 4 nitrogen and oxygen atoms in total. The number of nitrogens with two attached hydrogens (primary N) is 1. The van der Waals surface area contributed by atoms with Gasteiger partial charge in [0.2, 0.25) is 0 Å². The standard InChI is InChI=1S/C16H16N2O2/c1-10-3-2-4-11(7-10)8-13(17)12-5-6-14-15(9-12)20-16(19)18-14/h2-7,9,13H,8,17H2,1H3,(H,18,19). The lowest BCUT2D eigenvalue weighted by molar-refractivity contribution is 0.554. The zero-order valence-electron chi connectivity index (χ0n) is 11.2. The Morgan fingerprint density at radius 3 is 2.90 bits per heavy atom. The van der Waals surface area contributed by atoms with Crippen molar-refractivity contribution in [3.05, 3.63) is 69.7 Å². The summed E-state index contributed by atoms with van der Waals surface area (Å²) >= 11 is 0. The van der Waals surface area contributed by atoms with Crippen molar-refractivity contribution in [3.8, 4) is 0 Å².